The second-order valence-electron chi connectivity index (χ2n) is 4.43. The average Bonchev–Trinajstić information content (AvgIpc) is 2.32. The van der Waals surface area contributed by atoms with Gasteiger partial charge < -0.3 is 10.6 Å². The van der Waals surface area contributed by atoms with Crippen LogP contribution in [0.4, 0.5) is 5.82 Å². The fraction of sp³-hybridized carbons (Fsp3) is 0.583. The maximum absolute atomic E-state index is 11.1. The van der Waals surface area contributed by atoms with Crippen LogP contribution in [0.25, 0.3) is 0 Å². The molecule has 0 spiro atoms. The van der Waals surface area contributed by atoms with Crippen LogP contribution in [0.5, 0.6) is 0 Å². The molecule has 5 nitrogen and oxygen atoms in total. The first-order valence-electron chi connectivity index (χ1n) is 6.24. The quantitative estimate of drug-likeness (QED) is 0.833. The van der Waals surface area contributed by atoms with E-state index in [-0.39, 0.29) is 11.9 Å². The number of carbonyl (C=O) groups excluding carboxylic acids is 1. The Balaban J connectivity index is 2.02. The monoisotopic (exact) mass is 312 g/mol. The maximum atomic E-state index is 11.1. The third-order valence-electron chi connectivity index (χ3n) is 2.83. The van der Waals surface area contributed by atoms with Crippen molar-refractivity contribution in [3.8, 4) is 0 Å². The summed E-state index contributed by atoms with van der Waals surface area (Å²) in [6.45, 7) is 2.76. The zero-order valence-corrected chi connectivity index (χ0v) is 12.0. The summed E-state index contributed by atoms with van der Waals surface area (Å²) in [7, 11) is 0. The highest BCUT2D eigenvalue weighted by Crippen LogP contribution is 2.16. The summed E-state index contributed by atoms with van der Waals surface area (Å²) >= 11 is 3.40. The van der Waals surface area contributed by atoms with Gasteiger partial charge in [0.15, 0.2) is 0 Å². The summed E-state index contributed by atoms with van der Waals surface area (Å²) in [6.07, 6.45) is 3.31. The summed E-state index contributed by atoms with van der Waals surface area (Å²) in [5, 5.41) is 6.20. The molecule has 0 aromatic carbocycles. The number of aryl methyl sites for hydroxylation is 1. The highest BCUT2D eigenvalue weighted by molar-refractivity contribution is 9.10. The molecule has 2 N–H and O–H groups in total. The topological polar surface area (TPSA) is 66.9 Å². The molecule has 18 heavy (non-hydrogen) atoms. The van der Waals surface area contributed by atoms with Crippen molar-refractivity contribution >= 4 is 27.7 Å². The lowest BCUT2D eigenvalue weighted by molar-refractivity contribution is -0.122. The van der Waals surface area contributed by atoms with E-state index in [1.165, 1.54) is 0 Å². The van der Waals surface area contributed by atoms with Crippen LogP contribution in [0.3, 0.4) is 0 Å². The molecule has 0 saturated carbocycles. The summed E-state index contributed by atoms with van der Waals surface area (Å²) in [4.78, 5) is 19.9. The third-order valence-corrected chi connectivity index (χ3v) is 3.24. The van der Waals surface area contributed by atoms with E-state index >= 15 is 0 Å². The van der Waals surface area contributed by atoms with Gasteiger partial charge in [-0.15, -0.1) is 0 Å². The number of halogens is 1. The fourth-order valence-corrected chi connectivity index (χ4v) is 2.36. The van der Waals surface area contributed by atoms with E-state index in [0.717, 1.165) is 35.5 Å². The van der Waals surface area contributed by atoms with Crippen LogP contribution in [-0.4, -0.2) is 28.5 Å². The van der Waals surface area contributed by atoms with Crippen molar-refractivity contribution in [2.75, 3.05) is 11.9 Å². The van der Waals surface area contributed by atoms with Gasteiger partial charge in [-0.1, -0.05) is 6.92 Å². The summed E-state index contributed by atoms with van der Waals surface area (Å²) < 4.78 is 0.795. The molecule has 1 saturated heterocycles. The lowest BCUT2D eigenvalue weighted by Crippen LogP contribution is -2.42. The molecule has 0 radical (unpaired) electrons. The van der Waals surface area contributed by atoms with Crippen molar-refractivity contribution < 1.29 is 4.79 Å². The predicted molar refractivity (Wildman–Crippen MR) is 73.4 cm³/mol. The number of hydrogen-bond donors (Lipinski definition) is 2. The molecule has 1 aromatic heterocycles. The number of rotatable bonds is 4. The van der Waals surface area contributed by atoms with Crippen LogP contribution in [0.15, 0.2) is 10.7 Å². The smallest absolute Gasteiger partial charge is 0.220 e. The number of anilines is 1. The molecule has 0 aliphatic carbocycles. The number of hydrogen-bond acceptors (Lipinski definition) is 4. The van der Waals surface area contributed by atoms with E-state index in [4.69, 9.17) is 0 Å². The lowest BCUT2D eigenvalue weighted by atomic mass is 10.1. The Hall–Kier alpha value is -1.17. The molecule has 1 atom stereocenters. The average molecular weight is 313 g/mol. The first-order valence-corrected chi connectivity index (χ1v) is 7.03. The Morgan fingerprint density at radius 1 is 1.56 bits per heavy atom. The largest absolute Gasteiger partial charge is 0.365 e. The van der Waals surface area contributed by atoms with Gasteiger partial charge in [-0.05, 0) is 28.8 Å². The second kappa shape index (κ2) is 6.13. The molecular weight excluding hydrogens is 296 g/mol. The normalized spacial score (nSPS) is 19.4. The molecule has 1 amide bonds. The Morgan fingerprint density at radius 3 is 3.06 bits per heavy atom. The first-order chi connectivity index (χ1) is 8.67. The number of aromatic nitrogens is 2. The number of nitrogens with zero attached hydrogens (tertiary/aromatic N) is 2. The molecular formula is C12H17BrN4O. The minimum atomic E-state index is 0.128. The van der Waals surface area contributed by atoms with Crippen molar-refractivity contribution in [1.29, 1.82) is 0 Å². The highest BCUT2D eigenvalue weighted by Gasteiger charge is 2.18. The maximum Gasteiger partial charge on any atom is 0.220 e. The van der Waals surface area contributed by atoms with Gasteiger partial charge in [0.05, 0.1) is 0 Å². The number of piperidine rings is 1. The van der Waals surface area contributed by atoms with Crippen molar-refractivity contribution in [3.63, 3.8) is 0 Å². The summed E-state index contributed by atoms with van der Waals surface area (Å²) in [5.74, 6) is 1.79. The molecule has 0 bridgehead atoms. The Bertz CT molecular complexity index is 428. The van der Waals surface area contributed by atoms with Crippen molar-refractivity contribution in [2.45, 2.75) is 38.6 Å². The van der Waals surface area contributed by atoms with Crippen LogP contribution in [0.2, 0.25) is 0 Å². The lowest BCUT2D eigenvalue weighted by Gasteiger charge is -2.24. The minimum absolute atomic E-state index is 0.128. The van der Waals surface area contributed by atoms with Crippen LogP contribution in [-0.2, 0) is 11.2 Å². The van der Waals surface area contributed by atoms with Gasteiger partial charge >= 0.3 is 0 Å². The van der Waals surface area contributed by atoms with Crippen molar-refractivity contribution in [1.82, 2.24) is 15.3 Å². The molecule has 1 aliphatic heterocycles. The van der Waals surface area contributed by atoms with E-state index in [2.05, 4.69) is 43.5 Å². The van der Waals surface area contributed by atoms with E-state index in [1.807, 2.05) is 6.07 Å². The summed E-state index contributed by atoms with van der Waals surface area (Å²) in [5.41, 5.74) is 0. The van der Waals surface area contributed by atoms with E-state index in [9.17, 15) is 4.79 Å². The minimum Gasteiger partial charge on any atom is -0.365 e. The number of carbonyl (C=O) groups is 1. The van der Waals surface area contributed by atoms with Gasteiger partial charge in [0.1, 0.15) is 16.2 Å². The van der Waals surface area contributed by atoms with Crippen LogP contribution in [0.1, 0.15) is 32.0 Å². The van der Waals surface area contributed by atoms with Crippen LogP contribution < -0.4 is 10.6 Å². The number of nitrogens with one attached hydrogen (secondary N) is 2. The van der Waals surface area contributed by atoms with Gasteiger partial charge in [-0.3, -0.25) is 4.79 Å². The van der Waals surface area contributed by atoms with Gasteiger partial charge in [0.2, 0.25) is 5.91 Å². The number of amides is 1. The highest BCUT2D eigenvalue weighted by atomic mass is 79.9. The Morgan fingerprint density at radius 2 is 2.39 bits per heavy atom. The van der Waals surface area contributed by atoms with E-state index < -0.39 is 0 Å². The Labute approximate surface area is 115 Å². The summed E-state index contributed by atoms with van der Waals surface area (Å²) in [6, 6.07) is 2.12. The van der Waals surface area contributed by atoms with Gasteiger partial charge in [-0.2, -0.15) is 0 Å². The first kappa shape index (κ1) is 13.3. The molecule has 2 rings (SSSR count). The molecule has 1 aromatic rings. The van der Waals surface area contributed by atoms with E-state index in [0.29, 0.717) is 13.0 Å². The molecule has 2 heterocycles. The van der Waals surface area contributed by atoms with Crippen molar-refractivity contribution in [3.05, 3.63) is 16.5 Å². The molecule has 6 heteroatoms. The molecule has 1 fully saturated rings. The standard InChI is InChI=1S/C12H17BrN4O/c1-2-3-10-16-9(13)6-11(17-10)15-8-4-5-12(18)14-7-8/h6,8H,2-5,7H2,1H3,(H,14,18)(H,15,16,17). The molecule has 1 aliphatic rings. The van der Waals surface area contributed by atoms with Crippen LogP contribution in [0, 0.1) is 0 Å². The SMILES string of the molecule is CCCc1nc(Br)cc(NC2CCC(=O)NC2)n1. The van der Waals surface area contributed by atoms with Gasteiger partial charge in [-0.25, -0.2) is 9.97 Å². The third kappa shape index (κ3) is 3.66. The van der Waals surface area contributed by atoms with Gasteiger partial charge in [0, 0.05) is 31.5 Å². The van der Waals surface area contributed by atoms with Crippen molar-refractivity contribution in [2.24, 2.45) is 0 Å². The fourth-order valence-electron chi connectivity index (χ4n) is 1.94. The van der Waals surface area contributed by atoms with E-state index in [1.54, 1.807) is 0 Å². The second-order valence-corrected chi connectivity index (χ2v) is 5.24. The zero-order valence-electron chi connectivity index (χ0n) is 10.4. The molecule has 1 unspecified atom stereocenters. The zero-order chi connectivity index (χ0) is 13.0. The predicted octanol–water partition coefficient (Wildman–Crippen LogP) is 1.88. The Kier molecular flexibility index (Phi) is 4.52. The van der Waals surface area contributed by atoms with Crippen LogP contribution >= 0.6 is 15.9 Å². The molecule has 98 valence electrons. The van der Waals surface area contributed by atoms with Gasteiger partial charge in [0.25, 0.3) is 0 Å².